The van der Waals surface area contributed by atoms with E-state index in [-0.39, 0.29) is 6.61 Å². The molecule has 1 aliphatic rings. The van der Waals surface area contributed by atoms with Crippen molar-refractivity contribution in [3.8, 4) is 0 Å². The average molecular weight is 374 g/mol. The molecular formula is C20H26N2O5. The van der Waals surface area contributed by atoms with Gasteiger partial charge in [0, 0.05) is 18.7 Å². The Morgan fingerprint density at radius 3 is 2.33 bits per heavy atom. The summed E-state index contributed by atoms with van der Waals surface area (Å²) in [6, 6.07) is 6.77. The number of benzene rings is 1. The van der Waals surface area contributed by atoms with Gasteiger partial charge >= 0.3 is 12.1 Å². The molecule has 7 nitrogen and oxygen atoms in total. The van der Waals surface area contributed by atoms with E-state index in [0.717, 1.165) is 0 Å². The van der Waals surface area contributed by atoms with Crippen LogP contribution in [-0.4, -0.2) is 61.3 Å². The molecule has 7 heteroatoms. The van der Waals surface area contributed by atoms with E-state index in [1.807, 2.05) is 4.90 Å². The van der Waals surface area contributed by atoms with Crippen molar-refractivity contribution in [3.05, 3.63) is 48.0 Å². The topological polar surface area (TPSA) is 77.4 Å². The maximum atomic E-state index is 12.2. The van der Waals surface area contributed by atoms with Crippen LogP contribution in [0.1, 0.15) is 36.7 Å². The number of rotatable bonds is 4. The predicted octanol–water partition coefficient (Wildman–Crippen LogP) is 3.04. The van der Waals surface area contributed by atoms with E-state index in [2.05, 4.69) is 11.6 Å². The van der Waals surface area contributed by atoms with Gasteiger partial charge in [0.25, 0.3) is 0 Å². The van der Waals surface area contributed by atoms with Crippen LogP contribution < -0.4 is 0 Å². The molecule has 0 saturated carbocycles. The van der Waals surface area contributed by atoms with Gasteiger partial charge in [-0.25, -0.2) is 9.59 Å². The van der Waals surface area contributed by atoms with Crippen LogP contribution in [0.25, 0.3) is 0 Å². The molecule has 0 bridgehead atoms. The number of amides is 1. The number of aliphatic imine (C=N–C) groups is 1. The second kappa shape index (κ2) is 9.32. The smallest absolute Gasteiger partial charge is 0.436 e. The molecule has 0 aromatic heterocycles. The zero-order valence-corrected chi connectivity index (χ0v) is 16.1. The van der Waals surface area contributed by atoms with Gasteiger partial charge in [0.15, 0.2) is 0 Å². The molecule has 1 aliphatic heterocycles. The minimum Gasteiger partial charge on any atom is -0.458 e. The molecule has 0 N–H and O–H groups in total. The lowest BCUT2D eigenvalue weighted by atomic mass is 10.1. The standard InChI is InChI=1S/C20H26N2O5/c1-5-12-26-18(23)16-8-6-15(7-9-16)17(22-10-13-25-14-11-22)21-19(24)27-20(2,3)4/h5-9H,1,10-14H2,2-4H3. The van der Waals surface area contributed by atoms with E-state index in [4.69, 9.17) is 14.2 Å². The molecule has 1 saturated heterocycles. The third-order valence-corrected chi connectivity index (χ3v) is 3.61. The quantitative estimate of drug-likeness (QED) is 0.349. The van der Waals surface area contributed by atoms with Crippen LogP contribution in [-0.2, 0) is 14.2 Å². The van der Waals surface area contributed by atoms with Crippen LogP contribution in [0, 0.1) is 0 Å². The lowest BCUT2D eigenvalue weighted by Gasteiger charge is -2.30. The Morgan fingerprint density at radius 1 is 1.19 bits per heavy atom. The normalized spacial score (nSPS) is 15.2. The maximum Gasteiger partial charge on any atom is 0.436 e. The lowest BCUT2D eigenvalue weighted by Crippen LogP contribution is -2.41. The fourth-order valence-corrected chi connectivity index (χ4v) is 2.44. The maximum absolute atomic E-state index is 12.2. The molecule has 146 valence electrons. The van der Waals surface area contributed by atoms with Gasteiger partial charge in [0.1, 0.15) is 18.0 Å². The molecule has 0 atom stereocenters. The van der Waals surface area contributed by atoms with E-state index < -0.39 is 17.7 Å². The molecule has 27 heavy (non-hydrogen) atoms. The highest BCUT2D eigenvalue weighted by Crippen LogP contribution is 2.14. The van der Waals surface area contributed by atoms with E-state index in [9.17, 15) is 9.59 Å². The van der Waals surface area contributed by atoms with Crippen molar-refractivity contribution < 1.29 is 23.8 Å². The average Bonchev–Trinajstić information content (AvgIpc) is 2.63. The molecule has 1 aromatic carbocycles. The Hall–Kier alpha value is -2.67. The third kappa shape index (κ3) is 6.53. The fourth-order valence-electron chi connectivity index (χ4n) is 2.44. The number of hydrogen-bond acceptors (Lipinski definition) is 5. The number of carbonyl (C=O) groups is 2. The Labute approximate surface area is 159 Å². The summed E-state index contributed by atoms with van der Waals surface area (Å²) in [6.45, 7) is 11.4. The zero-order chi connectivity index (χ0) is 19.9. The minimum absolute atomic E-state index is 0.152. The second-order valence-electron chi connectivity index (χ2n) is 6.98. The summed E-state index contributed by atoms with van der Waals surface area (Å²) in [5.74, 6) is 0.0667. The number of nitrogens with zero attached hydrogens (tertiary/aromatic N) is 2. The molecular weight excluding hydrogens is 348 g/mol. The van der Waals surface area contributed by atoms with Gasteiger partial charge in [-0.1, -0.05) is 24.8 Å². The van der Waals surface area contributed by atoms with Gasteiger partial charge < -0.3 is 19.1 Å². The van der Waals surface area contributed by atoms with Gasteiger partial charge in [-0.05, 0) is 32.9 Å². The largest absolute Gasteiger partial charge is 0.458 e. The fraction of sp³-hybridized carbons (Fsp3) is 0.450. The number of carbonyl (C=O) groups excluding carboxylic acids is 2. The predicted molar refractivity (Wildman–Crippen MR) is 102 cm³/mol. The monoisotopic (exact) mass is 374 g/mol. The van der Waals surface area contributed by atoms with Crippen LogP contribution in [0.3, 0.4) is 0 Å². The second-order valence-corrected chi connectivity index (χ2v) is 6.98. The molecule has 2 rings (SSSR count). The molecule has 1 amide bonds. The summed E-state index contributed by atoms with van der Waals surface area (Å²) >= 11 is 0. The summed E-state index contributed by atoms with van der Waals surface area (Å²) in [5, 5.41) is 0. The molecule has 1 aromatic rings. The first-order valence-electron chi connectivity index (χ1n) is 8.83. The van der Waals surface area contributed by atoms with E-state index >= 15 is 0 Å². The highest BCUT2D eigenvalue weighted by Gasteiger charge is 2.21. The SMILES string of the molecule is C=CCOC(=O)c1ccc(C(=NC(=O)OC(C)(C)C)N2CCOCC2)cc1. The van der Waals surface area contributed by atoms with Crippen LogP contribution in [0.15, 0.2) is 41.9 Å². The van der Waals surface area contributed by atoms with Gasteiger partial charge in [-0.15, -0.1) is 0 Å². The first kappa shape index (κ1) is 20.6. The number of amidine groups is 1. The third-order valence-electron chi connectivity index (χ3n) is 3.61. The van der Waals surface area contributed by atoms with Crippen LogP contribution in [0.4, 0.5) is 4.79 Å². The highest BCUT2D eigenvalue weighted by molar-refractivity contribution is 6.04. The number of morpholine rings is 1. The molecule has 0 radical (unpaired) electrons. The van der Waals surface area contributed by atoms with Crippen molar-refractivity contribution in [1.29, 1.82) is 0 Å². The van der Waals surface area contributed by atoms with E-state index in [1.54, 1.807) is 45.0 Å². The Balaban J connectivity index is 2.25. The Kier molecular flexibility index (Phi) is 7.12. The summed E-state index contributed by atoms with van der Waals surface area (Å²) in [6.07, 6.45) is 0.856. The summed E-state index contributed by atoms with van der Waals surface area (Å²) in [4.78, 5) is 30.3. The van der Waals surface area contributed by atoms with Crippen LogP contribution >= 0.6 is 0 Å². The van der Waals surface area contributed by atoms with Gasteiger partial charge in [0.05, 0.1) is 18.8 Å². The van der Waals surface area contributed by atoms with Crippen molar-refractivity contribution >= 4 is 17.9 Å². The Bertz CT molecular complexity index is 698. The van der Waals surface area contributed by atoms with Gasteiger partial charge in [0.2, 0.25) is 0 Å². The molecule has 1 fully saturated rings. The summed E-state index contributed by atoms with van der Waals surface area (Å²) < 4.78 is 15.7. The first-order valence-corrected chi connectivity index (χ1v) is 8.83. The van der Waals surface area contributed by atoms with Crippen molar-refractivity contribution in [1.82, 2.24) is 4.90 Å². The Morgan fingerprint density at radius 2 is 1.78 bits per heavy atom. The minimum atomic E-state index is -0.654. The lowest BCUT2D eigenvalue weighted by molar-refractivity contribution is 0.0546. The van der Waals surface area contributed by atoms with Gasteiger partial charge in [-0.3, -0.25) is 0 Å². The molecule has 1 heterocycles. The molecule has 0 unspecified atom stereocenters. The summed E-state index contributed by atoms with van der Waals surface area (Å²) in [5.41, 5.74) is 0.498. The molecule has 0 spiro atoms. The molecule has 0 aliphatic carbocycles. The van der Waals surface area contributed by atoms with Crippen molar-refractivity contribution in [2.75, 3.05) is 32.9 Å². The van der Waals surface area contributed by atoms with E-state index in [1.165, 1.54) is 6.08 Å². The highest BCUT2D eigenvalue weighted by atomic mass is 16.6. The van der Waals surface area contributed by atoms with Crippen LogP contribution in [0.5, 0.6) is 0 Å². The zero-order valence-electron chi connectivity index (χ0n) is 16.1. The van der Waals surface area contributed by atoms with Crippen LogP contribution in [0.2, 0.25) is 0 Å². The number of ether oxygens (including phenoxy) is 3. The summed E-state index contributed by atoms with van der Waals surface area (Å²) in [7, 11) is 0. The van der Waals surface area contributed by atoms with Gasteiger partial charge in [-0.2, -0.15) is 4.99 Å². The number of esters is 1. The van der Waals surface area contributed by atoms with Crippen molar-refractivity contribution in [2.24, 2.45) is 4.99 Å². The van der Waals surface area contributed by atoms with Crippen molar-refractivity contribution in [2.45, 2.75) is 26.4 Å². The van der Waals surface area contributed by atoms with E-state index in [0.29, 0.717) is 43.3 Å². The van der Waals surface area contributed by atoms with Crippen molar-refractivity contribution in [3.63, 3.8) is 0 Å². The first-order chi connectivity index (χ1) is 12.8. The number of hydrogen-bond donors (Lipinski definition) is 0.